The predicted octanol–water partition coefficient (Wildman–Crippen LogP) is 2.56. The average molecular weight is 311 g/mol. The Bertz CT molecular complexity index is 530. The highest BCUT2D eigenvalue weighted by Crippen LogP contribution is 2.28. The van der Waals surface area contributed by atoms with Crippen LogP contribution in [0.15, 0.2) is 0 Å². The lowest BCUT2D eigenvalue weighted by Gasteiger charge is -2.34. The highest BCUT2D eigenvalue weighted by molar-refractivity contribution is 7.16. The molecule has 0 spiro atoms. The van der Waals surface area contributed by atoms with Gasteiger partial charge < -0.3 is 10.4 Å². The zero-order valence-electron chi connectivity index (χ0n) is 12.4. The molecule has 21 heavy (non-hydrogen) atoms. The second-order valence-corrected chi connectivity index (χ2v) is 6.39. The number of likely N-dealkylation sites (tertiary alicyclic amines) is 1. The largest absolute Gasteiger partial charge is 0.476 e. The topological polar surface area (TPSA) is 82.5 Å². The van der Waals surface area contributed by atoms with Gasteiger partial charge in [0.15, 0.2) is 10.8 Å². The molecular formula is C14H21N3O3S. The van der Waals surface area contributed by atoms with Crippen molar-refractivity contribution in [1.82, 2.24) is 9.88 Å². The number of carbonyl (C=O) groups excluding carboxylic acids is 1. The SMILES string of the molecule is CCC1CCCCN1Cc1sc(NC(C)=O)nc1C(=O)O. The molecule has 7 heteroatoms. The van der Waals surface area contributed by atoms with Crippen LogP contribution in [0.5, 0.6) is 0 Å². The monoisotopic (exact) mass is 311 g/mol. The fourth-order valence-electron chi connectivity index (χ4n) is 2.74. The van der Waals surface area contributed by atoms with Gasteiger partial charge in [-0.3, -0.25) is 9.69 Å². The Labute approximate surface area is 128 Å². The third kappa shape index (κ3) is 4.01. The molecule has 0 bridgehead atoms. The number of carboxylic acids is 1. The number of carboxylic acid groups (broad SMARTS) is 1. The Morgan fingerprint density at radius 1 is 1.48 bits per heavy atom. The van der Waals surface area contributed by atoms with E-state index in [1.807, 2.05) is 0 Å². The summed E-state index contributed by atoms with van der Waals surface area (Å²) in [7, 11) is 0. The van der Waals surface area contributed by atoms with E-state index in [1.165, 1.54) is 24.7 Å². The van der Waals surface area contributed by atoms with Gasteiger partial charge in [-0.25, -0.2) is 9.78 Å². The van der Waals surface area contributed by atoms with Gasteiger partial charge in [-0.1, -0.05) is 24.7 Å². The number of amides is 1. The van der Waals surface area contributed by atoms with Crippen molar-refractivity contribution >= 4 is 28.3 Å². The zero-order valence-corrected chi connectivity index (χ0v) is 13.2. The number of rotatable bonds is 5. The molecule has 0 aromatic carbocycles. The molecule has 1 aromatic rings. The number of aromatic carboxylic acids is 1. The van der Waals surface area contributed by atoms with Crippen LogP contribution in [-0.2, 0) is 11.3 Å². The lowest BCUT2D eigenvalue weighted by molar-refractivity contribution is -0.114. The van der Waals surface area contributed by atoms with E-state index in [2.05, 4.69) is 22.1 Å². The van der Waals surface area contributed by atoms with Crippen molar-refractivity contribution in [2.75, 3.05) is 11.9 Å². The Kier molecular flexibility index (Phi) is 5.30. The third-order valence-corrected chi connectivity index (χ3v) is 4.71. The molecule has 1 saturated heterocycles. The fraction of sp³-hybridized carbons (Fsp3) is 0.643. The molecule has 116 valence electrons. The maximum atomic E-state index is 11.3. The molecule has 1 aliphatic rings. The Morgan fingerprint density at radius 3 is 2.86 bits per heavy atom. The first-order valence-electron chi connectivity index (χ1n) is 7.26. The van der Waals surface area contributed by atoms with E-state index in [0.29, 0.717) is 22.6 Å². The number of nitrogens with zero attached hydrogens (tertiary/aromatic N) is 2. The lowest BCUT2D eigenvalue weighted by Crippen LogP contribution is -2.38. The van der Waals surface area contributed by atoms with E-state index in [9.17, 15) is 14.7 Å². The van der Waals surface area contributed by atoms with E-state index < -0.39 is 5.97 Å². The van der Waals surface area contributed by atoms with E-state index in [4.69, 9.17) is 0 Å². The number of carbonyl (C=O) groups is 2. The molecule has 1 aliphatic heterocycles. The quantitative estimate of drug-likeness (QED) is 0.873. The number of piperidine rings is 1. The highest BCUT2D eigenvalue weighted by atomic mass is 32.1. The zero-order chi connectivity index (χ0) is 15.4. The predicted molar refractivity (Wildman–Crippen MR) is 81.7 cm³/mol. The number of hydrogen-bond donors (Lipinski definition) is 2. The van der Waals surface area contributed by atoms with Crippen LogP contribution in [-0.4, -0.2) is 39.5 Å². The number of thiazole rings is 1. The van der Waals surface area contributed by atoms with Gasteiger partial charge in [0.25, 0.3) is 0 Å². The first-order valence-corrected chi connectivity index (χ1v) is 8.07. The Morgan fingerprint density at radius 2 is 2.24 bits per heavy atom. The molecule has 1 unspecified atom stereocenters. The smallest absolute Gasteiger partial charge is 0.355 e. The van der Waals surface area contributed by atoms with Gasteiger partial charge in [-0.2, -0.15) is 0 Å². The van der Waals surface area contributed by atoms with Gasteiger partial charge in [0.05, 0.1) is 4.88 Å². The second kappa shape index (κ2) is 7.00. The number of anilines is 1. The summed E-state index contributed by atoms with van der Waals surface area (Å²) in [6.45, 7) is 5.14. The average Bonchev–Trinajstić information content (AvgIpc) is 2.81. The molecule has 1 fully saturated rings. The summed E-state index contributed by atoms with van der Waals surface area (Å²) in [5.74, 6) is -1.28. The summed E-state index contributed by atoms with van der Waals surface area (Å²) in [6, 6.07) is 0.506. The normalized spacial score (nSPS) is 19.4. The molecule has 0 aliphatic carbocycles. The Hall–Kier alpha value is -1.47. The van der Waals surface area contributed by atoms with Crippen LogP contribution in [0.2, 0.25) is 0 Å². The first kappa shape index (κ1) is 15.9. The molecule has 6 nitrogen and oxygen atoms in total. The van der Waals surface area contributed by atoms with Crippen molar-refractivity contribution in [2.45, 2.75) is 52.1 Å². The molecule has 2 rings (SSSR count). The summed E-state index contributed by atoms with van der Waals surface area (Å²) in [4.78, 5) is 29.5. The van der Waals surface area contributed by atoms with Crippen LogP contribution in [0.3, 0.4) is 0 Å². The molecule has 2 N–H and O–H groups in total. The van der Waals surface area contributed by atoms with Gasteiger partial charge in [0, 0.05) is 19.5 Å². The molecule has 1 amide bonds. The van der Waals surface area contributed by atoms with Gasteiger partial charge >= 0.3 is 5.97 Å². The van der Waals surface area contributed by atoms with E-state index in [0.717, 1.165) is 25.8 Å². The van der Waals surface area contributed by atoms with Crippen LogP contribution in [0.1, 0.15) is 54.9 Å². The molecule has 1 aromatic heterocycles. The summed E-state index contributed by atoms with van der Waals surface area (Å²) in [6.07, 6.45) is 4.62. The fourth-order valence-corrected chi connectivity index (χ4v) is 3.77. The Balaban J connectivity index is 2.18. The minimum atomic E-state index is -1.04. The molecular weight excluding hydrogens is 290 g/mol. The van der Waals surface area contributed by atoms with Crippen LogP contribution >= 0.6 is 11.3 Å². The molecule has 2 heterocycles. The van der Waals surface area contributed by atoms with Crippen LogP contribution < -0.4 is 5.32 Å². The van der Waals surface area contributed by atoms with Crippen LogP contribution in [0.25, 0.3) is 0 Å². The molecule has 1 atom stereocenters. The lowest BCUT2D eigenvalue weighted by atomic mass is 10.00. The number of aromatic nitrogens is 1. The van der Waals surface area contributed by atoms with Crippen molar-refractivity contribution in [3.63, 3.8) is 0 Å². The van der Waals surface area contributed by atoms with E-state index in [-0.39, 0.29) is 11.6 Å². The van der Waals surface area contributed by atoms with Gasteiger partial charge in [0.2, 0.25) is 5.91 Å². The van der Waals surface area contributed by atoms with E-state index in [1.54, 1.807) is 0 Å². The van der Waals surface area contributed by atoms with Crippen LogP contribution in [0, 0.1) is 0 Å². The minimum absolute atomic E-state index is 0.0594. The van der Waals surface area contributed by atoms with E-state index >= 15 is 0 Å². The standard InChI is InChI=1S/C14H21N3O3S/c1-3-10-6-4-5-7-17(10)8-11-12(13(19)20)16-14(21-11)15-9(2)18/h10H,3-8H2,1-2H3,(H,19,20)(H,15,16,18). The van der Waals surface area contributed by atoms with Crippen molar-refractivity contribution < 1.29 is 14.7 Å². The number of hydrogen-bond acceptors (Lipinski definition) is 5. The summed E-state index contributed by atoms with van der Waals surface area (Å²) >= 11 is 1.26. The van der Waals surface area contributed by atoms with Crippen molar-refractivity contribution in [2.24, 2.45) is 0 Å². The van der Waals surface area contributed by atoms with Crippen molar-refractivity contribution in [3.05, 3.63) is 10.6 Å². The number of nitrogens with one attached hydrogen (secondary N) is 1. The molecule has 0 saturated carbocycles. The third-order valence-electron chi connectivity index (χ3n) is 3.75. The summed E-state index contributed by atoms with van der Waals surface area (Å²) < 4.78 is 0. The van der Waals surface area contributed by atoms with Gasteiger partial charge in [-0.15, -0.1) is 0 Å². The maximum absolute atomic E-state index is 11.3. The first-order chi connectivity index (χ1) is 10.0. The maximum Gasteiger partial charge on any atom is 0.355 e. The van der Waals surface area contributed by atoms with Crippen LogP contribution in [0.4, 0.5) is 5.13 Å². The van der Waals surface area contributed by atoms with Crippen molar-refractivity contribution in [1.29, 1.82) is 0 Å². The van der Waals surface area contributed by atoms with Crippen molar-refractivity contribution in [3.8, 4) is 0 Å². The minimum Gasteiger partial charge on any atom is -0.476 e. The highest BCUT2D eigenvalue weighted by Gasteiger charge is 2.25. The summed E-state index contributed by atoms with van der Waals surface area (Å²) in [5.41, 5.74) is 0.0594. The van der Waals surface area contributed by atoms with Gasteiger partial charge in [-0.05, 0) is 25.8 Å². The molecule has 0 radical (unpaired) electrons. The second-order valence-electron chi connectivity index (χ2n) is 5.31. The van der Waals surface area contributed by atoms with Gasteiger partial charge in [0.1, 0.15) is 0 Å². The summed E-state index contributed by atoms with van der Waals surface area (Å²) in [5, 5.41) is 12.2.